The minimum absolute atomic E-state index is 0.124. The van der Waals surface area contributed by atoms with E-state index in [2.05, 4.69) is 10.0 Å². The average molecular weight is 455 g/mol. The fourth-order valence-electron chi connectivity index (χ4n) is 2.97. The van der Waals surface area contributed by atoms with Crippen molar-refractivity contribution in [3.05, 3.63) is 53.8 Å². The van der Waals surface area contributed by atoms with Gasteiger partial charge in [-0.25, -0.2) is 17.5 Å². The molecule has 2 aromatic carbocycles. The van der Waals surface area contributed by atoms with Gasteiger partial charge in [-0.2, -0.15) is 0 Å². The first-order chi connectivity index (χ1) is 14.8. The summed E-state index contributed by atoms with van der Waals surface area (Å²) >= 11 is 0. The Bertz CT molecular complexity index is 966. The molecule has 0 saturated heterocycles. The molecule has 10 heteroatoms. The first kappa shape index (κ1) is 24.6. The zero-order chi connectivity index (χ0) is 22.9. The number of sulfonamides is 1. The van der Waals surface area contributed by atoms with E-state index < -0.39 is 21.9 Å². The maximum atomic E-state index is 13.2. The number of methoxy groups -OCH3 is 3. The molecule has 0 spiro atoms. The van der Waals surface area contributed by atoms with Crippen molar-refractivity contribution in [2.45, 2.75) is 23.8 Å². The van der Waals surface area contributed by atoms with Crippen LogP contribution in [0.2, 0.25) is 0 Å². The quantitative estimate of drug-likeness (QED) is 0.478. The highest BCUT2D eigenvalue weighted by Crippen LogP contribution is 2.36. The lowest BCUT2D eigenvalue weighted by Gasteiger charge is -2.22. The molecule has 2 rings (SSSR count). The van der Waals surface area contributed by atoms with Crippen LogP contribution in [-0.2, 0) is 19.6 Å². The Kier molecular flexibility index (Phi) is 9.22. The molecule has 0 fully saturated rings. The predicted octanol–water partition coefficient (Wildman–Crippen LogP) is 2.41. The van der Waals surface area contributed by atoms with E-state index in [1.165, 1.54) is 14.2 Å². The zero-order valence-corrected chi connectivity index (χ0v) is 18.5. The molecule has 0 saturated carbocycles. The number of rotatable bonds is 12. The molecule has 0 aromatic heterocycles. The molecule has 0 bridgehead atoms. The van der Waals surface area contributed by atoms with Crippen molar-refractivity contribution >= 4 is 15.9 Å². The lowest BCUT2D eigenvalue weighted by Crippen LogP contribution is -2.34. The van der Waals surface area contributed by atoms with Crippen LogP contribution < -0.4 is 19.5 Å². The van der Waals surface area contributed by atoms with E-state index in [1.807, 2.05) is 0 Å². The average Bonchev–Trinajstić information content (AvgIpc) is 2.75. The van der Waals surface area contributed by atoms with Crippen molar-refractivity contribution in [2.24, 2.45) is 0 Å². The number of nitrogens with one attached hydrogen (secondary N) is 2. The topological polar surface area (TPSA) is 103 Å². The van der Waals surface area contributed by atoms with Crippen LogP contribution in [0.3, 0.4) is 0 Å². The minimum Gasteiger partial charge on any atom is -0.493 e. The summed E-state index contributed by atoms with van der Waals surface area (Å²) in [5, 5.41) is 2.74. The maximum Gasteiger partial charge on any atom is 0.241 e. The Labute approximate surface area is 181 Å². The third kappa shape index (κ3) is 6.91. The smallest absolute Gasteiger partial charge is 0.241 e. The van der Waals surface area contributed by atoms with Crippen molar-refractivity contribution < 1.29 is 31.8 Å². The summed E-state index contributed by atoms with van der Waals surface area (Å²) in [6.07, 6.45) is 0.438. The fourth-order valence-corrected chi connectivity index (χ4v) is 4.19. The third-order valence-corrected chi connectivity index (χ3v) is 5.95. The maximum absolute atomic E-state index is 13.2. The number of benzene rings is 2. The Morgan fingerprint density at radius 1 is 1.06 bits per heavy atom. The molecule has 2 aromatic rings. The third-order valence-electron chi connectivity index (χ3n) is 4.47. The second kappa shape index (κ2) is 11.6. The number of carbonyl (C=O) groups excluding carboxylic acids is 1. The second-order valence-electron chi connectivity index (χ2n) is 6.61. The van der Waals surface area contributed by atoms with Crippen LogP contribution in [0.4, 0.5) is 4.39 Å². The van der Waals surface area contributed by atoms with E-state index in [9.17, 15) is 17.6 Å². The van der Waals surface area contributed by atoms with E-state index in [-0.39, 0.29) is 17.2 Å². The molecule has 31 heavy (non-hydrogen) atoms. The van der Waals surface area contributed by atoms with Crippen molar-refractivity contribution in [1.29, 1.82) is 0 Å². The molecule has 0 aliphatic heterocycles. The first-order valence-corrected chi connectivity index (χ1v) is 11.0. The second-order valence-corrected chi connectivity index (χ2v) is 8.32. The van der Waals surface area contributed by atoms with Crippen molar-refractivity contribution in [3.8, 4) is 11.5 Å². The molecule has 1 amide bonds. The van der Waals surface area contributed by atoms with Gasteiger partial charge in [-0.05, 0) is 36.8 Å². The van der Waals surface area contributed by atoms with Gasteiger partial charge in [-0.3, -0.25) is 4.79 Å². The van der Waals surface area contributed by atoms with Crippen LogP contribution >= 0.6 is 0 Å². The highest BCUT2D eigenvalue weighted by atomic mass is 32.2. The van der Waals surface area contributed by atoms with E-state index in [1.54, 1.807) is 25.3 Å². The van der Waals surface area contributed by atoms with Crippen molar-refractivity contribution in [2.75, 3.05) is 34.5 Å². The Hall–Kier alpha value is -2.69. The van der Waals surface area contributed by atoms with Gasteiger partial charge in [-0.15, -0.1) is 0 Å². The molecule has 1 atom stereocenters. The molecule has 170 valence electrons. The Balaban J connectivity index is 2.34. The normalized spacial score (nSPS) is 12.3. The van der Waals surface area contributed by atoms with Crippen LogP contribution in [0.1, 0.15) is 24.4 Å². The van der Waals surface area contributed by atoms with Gasteiger partial charge < -0.3 is 19.5 Å². The summed E-state index contributed by atoms with van der Waals surface area (Å²) in [7, 11) is 0.398. The van der Waals surface area contributed by atoms with Crippen LogP contribution in [0, 0.1) is 5.82 Å². The Morgan fingerprint density at radius 2 is 1.77 bits per heavy atom. The molecule has 0 heterocycles. The number of hydrogen-bond donors (Lipinski definition) is 2. The van der Waals surface area contributed by atoms with Crippen molar-refractivity contribution in [3.63, 3.8) is 0 Å². The molecule has 1 unspecified atom stereocenters. The van der Waals surface area contributed by atoms with E-state index in [0.717, 1.165) is 24.3 Å². The molecular formula is C21H27FN2O6S. The number of para-hydroxylation sites is 1. The highest BCUT2D eigenvalue weighted by molar-refractivity contribution is 7.89. The van der Waals surface area contributed by atoms with Crippen molar-refractivity contribution in [1.82, 2.24) is 10.0 Å². The van der Waals surface area contributed by atoms with Gasteiger partial charge in [0.05, 0.1) is 25.2 Å². The van der Waals surface area contributed by atoms with E-state index in [4.69, 9.17) is 14.2 Å². The summed E-state index contributed by atoms with van der Waals surface area (Å²) in [6.45, 7) is 0.879. The van der Waals surface area contributed by atoms with Crippen LogP contribution in [0.5, 0.6) is 11.5 Å². The number of halogens is 1. The summed E-state index contributed by atoms with van der Waals surface area (Å²) in [5.41, 5.74) is 0.430. The molecule has 0 radical (unpaired) electrons. The molecular weight excluding hydrogens is 427 g/mol. The van der Waals surface area contributed by atoms with Gasteiger partial charge in [-0.1, -0.05) is 12.1 Å². The number of ether oxygens (including phenoxy) is 3. The van der Waals surface area contributed by atoms with Crippen LogP contribution in [0.25, 0.3) is 0 Å². The first-order valence-electron chi connectivity index (χ1n) is 9.56. The number of carbonyl (C=O) groups is 1. The predicted molar refractivity (Wildman–Crippen MR) is 113 cm³/mol. The summed E-state index contributed by atoms with van der Waals surface area (Å²) < 4.78 is 57.2. The summed E-state index contributed by atoms with van der Waals surface area (Å²) in [6, 6.07) is 8.45. The summed E-state index contributed by atoms with van der Waals surface area (Å²) in [5.74, 6) is -0.205. The monoisotopic (exact) mass is 454 g/mol. The van der Waals surface area contributed by atoms with Gasteiger partial charge >= 0.3 is 0 Å². The molecule has 0 aliphatic carbocycles. The van der Waals surface area contributed by atoms with E-state index in [0.29, 0.717) is 36.6 Å². The molecule has 8 nitrogen and oxygen atoms in total. The standard InChI is InChI=1S/C21H27FN2O6S/c1-28-13-5-12-23-20(25)14-18(17-6-4-7-19(29-2)21(17)30-3)24-31(26,27)16-10-8-15(22)9-11-16/h4,6-11,18,24H,5,12-14H2,1-3H3,(H,23,25). The number of amides is 1. The van der Waals surface area contributed by atoms with Gasteiger partial charge in [0.2, 0.25) is 15.9 Å². The molecule has 0 aliphatic rings. The highest BCUT2D eigenvalue weighted by Gasteiger charge is 2.27. The lowest BCUT2D eigenvalue weighted by molar-refractivity contribution is -0.121. The van der Waals surface area contributed by atoms with Gasteiger partial charge in [0.25, 0.3) is 0 Å². The van der Waals surface area contributed by atoms with E-state index >= 15 is 0 Å². The van der Waals surface area contributed by atoms with Crippen LogP contribution in [0.15, 0.2) is 47.4 Å². The lowest BCUT2D eigenvalue weighted by atomic mass is 10.0. The largest absolute Gasteiger partial charge is 0.493 e. The fraction of sp³-hybridized carbons (Fsp3) is 0.381. The van der Waals surface area contributed by atoms with Gasteiger partial charge in [0.15, 0.2) is 11.5 Å². The summed E-state index contributed by atoms with van der Waals surface area (Å²) in [4.78, 5) is 12.4. The zero-order valence-electron chi connectivity index (χ0n) is 17.7. The Morgan fingerprint density at radius 3 is 2.39 bits per heavy atom. The SMILES string of the molecule is COCCCNC(=O)CC(NS(=O)(=O)c1ccc(F)cc1)c1cccc(OC)c1OC. The molecule has 2 N–H and O–H groups in total. The number of hydrogen-bond acceptors (Lipinski definition) is 6. The van der Waals surface area contributed by atoms with Crippen LogP contribution in [-0.4, -0.2) is 48.8 Å². The van der Waals surface area contributed by atoms with Gasteiger partial charge in [0, 0.05) is 32.2 Å². The minimum atomic E-state index is -4.06. The van der Waals surface area contributed by atoms with Gasteiger partial charge in [0.1, 0.15) is 5.82 Å².